The number of aryl methyl sites for hydroxylation is 1. The number of hydrogen-bond donors (Lipinski definition) is 0. The van der Waals surface area contributed by atoms with E-state index in [1.54, 1.807) is 24.3 Å². The molecule has 0 aliphatic heterocycles. The van der Waals surface area contributed by atoms with E-state index in [1.807, 2.05) is 0 Å². The lowest BCUT2D eigenvalue weighted by molar-refractivity contribution is 0.448. The minimum absolute atomic E-state index is 0.0429. The van der Waals surface area contributed by atoms with Crippen LogP contribution in [0.5, 0.6) is 0 Å². The van der Waals surface area contributed by atoms with Crippen LogP contribution in [0.1, 0.15) is 23.6 Å². The van der Waals surface area contributed by atoms with Gasteiger partial charge in [-0.3, -0.25) is 0 Å². The molecule has 0 aliphatic carbocycles. The van der Waals surface area contributed by atoms with Crippen molar-refractivity contribution in [2.24, 2.45) is 0 Å². The van der Waals surface area contributed by atoms with Gasteiger partial charge < -0.3 is 0 Å². The average Bonchev–Trinajstić information content (AvgIpc) is 2.90. The van der Waals surface area contributed by atoms with Gasteiger partial charge in [-0.1, -0.05) is 42.5 Å². The molecule has 8 heteroatoms. The summed E-state index contributed by atoms with van der Waals surface area (Å²) in [5.41, 5.74) is 0.339. The first-order chi connectivity index (χ1) is 18.6. The molecule has 0 radical (unpaired) electrons. The molecule has 0 bridgehead atoms. The monoisotopic (exact) mass is 544 g/mol. The molecule has 0 heterocycles. The van der Waals surface area contributed by atoms with Gasteiger partial charge in [-0.25, -0.2) is 35.1 Å². The maximum atomic E-state index is 14.8. The van der Waals surface area contributed by atoms with Gasteiger partial charge in [0.25, 0.3) is 0 Å². The van der Waals surface area contributed by atoms with Crippen LogP contribution in [-0.2, 0) is 12.8 Å². The molecule has 0 aromatic heterocycles. The van der Waals surface area contributed by atoms with Crippen molar-refractivity contribution >= 4 is 5.83 Å². The third-order valence-corrected chi connectivity index (χ3v) is 6.13. The molecular formula is C31H20F8. The van der Waals surface area contributed by atoms with Gasteiger partial charge in [0.05, 0.1) is 0 Å². The Kier molecular flexibility index (Phi) is 8.33. The number of rotatable bonds is 7. The molecule has 0 spiro atoms. The average molecular weight is 544 g/mol. The van der Waals surface area contributed by atoms with Gasteiger partial charge in [0.15, 0.2) is 29.1 Å². The topological polar surface area (TPSA) is 0 Å². The summed E-state index contributed by atoms with van der Waals surface area (Å²) in [5, 5.41) is 0. The maximum Gasteiger partial charge on any atom is 0.194 e. The van der Waals surface area contributed by atoms with E-state index < -0.39 is 46.6 Å². The standard InChI is InChI=1S/C31H20F8/c1-2-3-24(32)30(38)19-9-11-22(25(33)12-19)21-15-26(34)23(27(35)16-21)10-6-17-4-7-18(8-5-17)20-13-28(36)31(39)29(37)14-20/h2-5,7-9,11-16H,6,10H2,1H3/b3-2+,30-24+. The largest absolute Gasteiger partial charge is 0.207 e. The molecule has 4 aromatic rings. The van der Waals surface area contributed by atoms with Crippen LogP contribution < -0.4 is 0 Å². The van der Waals surface area contributed by atoms with Crippen molar-refractivity contribution in [3.05, 3.63) is 136 Å². The molecule has 4 aromatic carbocycles. The summed E-state index contributed by atoms with van der Waals surface area (Å²) in [6.45, 7) is 1.49. The van der Waals surface area contributed by atoms with Gasteiger partial charge >= 0.3 is 0 Å². The minimum Gasteiger partial charge on any atom is -0.207 e. The minimum atomic E-state index is -1.56. The second-order valence-corrected chi connectivity index (χ2v) is 8.73. The molecule has 0 saturated carbocycles. The normalized spacial score (nSPS) is 12.2. The Morgan fingerprint density at radius 2 is 1.21 bits per heavy atom. The van der Waals surface area contributed by atoms with Crippen LogP contribution in [0.4, 0.5) is 35.1 Å². The lowest BCUT2D eigenvalue weighted by Crippen LogP contribution is -2.01. The Balaban J connectivity index is 1.51. The van der Waals surface area contributed by atoms with Crippen LogP contribution in [0, 0.1) is 34.9 Å². The first-order valence-electron chi connectivity index (χ1n) is 11.8. The van der Waals surface area contributed by atoms with E-state index in [1.165, 1.54) is 13.0 Å². The molecule has 0 nitrogen and oxygen atoms in total. The number of halogens is 8. The highest BCUT2D eigenvalue weighted by atomic mass is 19.2. The summed E-state index contributed by atoms with van der Waals surface area (Å²) in [5.74, 6) is -9.45. The number of allylic oxidation sites excluding steroid dienone is 3. The lowest BCUT2D eigenvalue weighted by Gasteiger charge is -2.11. The Morgan fingerprint density at radius 1 is 0.615 bits per heavy atom. The van der Waals surface area contributed by atoms with Gasteiger partial charge in [0.1, 0.15) is 17.5 Å². The first kappa shape index (κ1) is 27.8. The molecular weight excluding hydrogens is 524 g/mol. The predicted molar refractivity (Wildman–Crippen MR) is 135 cm³/mol. The molecule has 0 N–H and O–H groups in total. The van der Waals surface area contributed by atoms with Gasteiger partial charge in [0, 0.05) is 16.7 Å². The number of benzene rings is 4. The van der Waals surface area contributed by atoms with Crippen LogP contribution in [0.25, 0.3) is 28.1 Å². The zero-order valence-electron chi connectivity index (χ0n) is 20.4. The molecule has 0 atom stereocenters. The lowest BCUT2D eigenvalue weighted by atomic mass is 9.97. The molecule has 0 saturated heterocycles. The summed E-state index contributed by atoms with van der Waals surface area (Å²) in [7, 11) is 0. The molecule has 200 valence electrons. The van der Waals surface area contributed by atoms with Crippen molar-refractivity contribution < 1.29 is 35.1 Å². The van der Waals surface area contributed by atoms with Crippen LogP contribution in [0.2, 0.25) is 0 Å². The Labute approximate surface area is 219 Å². The Morgan fingerprint density at radius 3 is 1.77 bits per heavy atom. The van der Waals surface area contributed by atoms with E-state index in [-0.39, 0.29) is 40.7 Å². The molecule has 0 unspecified atom stereocenters. The second-order valence-electron chi connectivity index (χ2n) is 8.73. The van der Waals surface area contributed by atoms with Gasteiger partial charge in [-0.2, -0.15) is 0 Å². The molecule has 39 heavy (non-hydrogen) atoms. The summed E-state index contributed by atoms with van der Waals surface area (Å²) in [6, 6.07) is 12.9. The van der Waals surface area contributed by atoms with Crippen LogP contribution >= 0.6 is 0 Å². The molecule has 4 rings (SSSR count). The fraction of sp³-hybridized carbons (Fsp3) is 0.0968. The second kappa shape index (κ2) is 11.7. The fourth-order valence-corrected chi connectivity index (χ4v) is 4.10. The van der Waals surface area contributed by atoms with E-state index in [4.69, 9.17) is 0 Å². The number of hydrogen-bond acceptors (Lipinski definition) is 0. The smallest absolute Gasteiger partial charge is 0.194 e. The van der Waals surface area contributed by atoms with Crippen molar-refractivity contribution in [2.45, 2.75) is 19.8 Å². The third kappa shape index (κ3) is 6.11. The highest BCUT2D eigenvalue weighted by Crippen LogP contribution is 2.31. The quantitative estimate of drug-likeness (QED) is 0.123. The summed E-state index contributed by atoms with van der Waals surface area (Å²) in [6.07, 6.45) is 2.33. The zero-order chi connectivity index (χ0) is 28.3. The van der Waals surface area contributed by atoms with Crippen molar-refractivity contribution in [3.8, 4) is 22.3 Å². The zero-order valence-corrected chi connectivity index (χ0v) is 20.4. The van der Waals surface area contributed by atoms with Crippen molar-refractivity contribution in [1.29, 1.82) is 0 Å². The summed E-state index contributed by atoms with van der Waals surface area (Å²) >= 11 is 0. The predicted octanol–water partition coefficient (Wildman–Crippen LogP) is 9.82. The maximum absolute atomic E-state index is 14.8. The molecule has 0 aliphatic rings. The Hall–Kier alpha value is -4.20. The third-order valence-electron chi connectivity index (χ3n) is 6.13. The van der Waals surface area contributed by atoms with Crippen molar-refractivity contribution in [1.82, 2.24) is 0 Å². The summed E-state index contributed by atoms with van der Waals surface area (Å²) in [4.78, 5) is 0. The van der Waals surface area contributed by atoms with Crippen LogP contribution in [0.15, 0.2) is 84.7 Å². The van der Waals surface area contributed by atoms with Gasteiger partial charge in [-0.15, -0.1) is 0 Å². The SMILES string of the molecule is C/C=C/C(F)=C(\F)c1ccc(-c2cc(F)c(CCc3ccc(-c4cc(F)c(F)c(F)c4)cc3)c(F)c2)c(F)c1. The highest BCUT2D eigenvalue weighted by molar-refractivity contribution is 5.70. The molecule has 0 amide bonds. The fourth-order valence-electron chi connectivity index (χ4n) is 4.10. The van der Waals surface area contributed by atoms with E-state index in [0.717, 1.165) is 48.5 Å². The highest BCUT2D eigenvalue weighted by Gasteiger charge is 2.17. The van der Waals surface area contributed by atoms with E-state index >= 15 is 0 Å². The van der Waals surface area contributed by atoms with Crippen LogP contribution in [-0.4, -0.2) is 0 Å². The van der Waals surface area contributed by atoms with Crippen molar-refractivity contribution in [2.75, 3.05) is 0 Å². The molecule has 0 fully saturated rings. The first-order valence-corrected chi connectivity index (χ1v) is 11.8. The van der Waals surface area contributed by atoms with E-state index in [0.29, 0.717) is 11.1 Å². The van der Waals surface area contributed by atoms with Crippen molar-refractivity contribution in [3.63, 3.8) is 0 Å². The van der Waals surface area contributed by atoms with Crippen LogP contribution in [0.3, 0.4) is 0 Å². The van der Waals surface area contributed by atoms with E-state index in [9.17, 15) is 35.1 Å². The van der Waals surface area contributed by atoms with Gasteiger partial charge in [0.2, 0.25) is 0 Å². The van der Waals surface area contributed by atoms with E-state index in [2.05, 4.69) is 0 Å². The summed E-state index contributed by atoms with van der Waals surface area (Å²) < 4.78 is 112. The van der Waals surface area contributed by atoms with Gasteiger partial charge in [-0.05, 0) is 78.4 Å². The Bertz CT molecular complexity index is 1540.